The molecule has 0 aliphatic rings. The van der Waals surface area contributed by atoms with Gasteiger partial charge in [0.2, 0.25) is 11.8 Å². The highest BCUT2D eigenvalue weighted by Crippen LogP contribution is 2.27. The summed E-state index contributed by atoms with van der Waals surface area (Å²) in [6.45, 7) is 4.58. The zero-order chi connectivity index (χ0) is 23.0. The highest BCUT2D eigenvalue weighted by molar-refractivity contribution is 7.99. The summed E-state index contributed by atoms with van der Waals surface area (Å²) < 4.78 is 7.22. The molecule has 0 aliphatic heterocycles. The van der Waals surface area contributed by atoms with Gasteiger partial charge in [0.25, 0.3) is 0 Å². The fraction of sp³-hybridized carbons (Fsp3) is 0.292. The Labute approximate surface area is 196 Å². The standard InChI is InChI=1S/C24H26N6O2S/c1-17(2)22-26-21(32-29-22)14-9-15-25-20(31)16-33-24-28-27-23(18-10-5-3-6-11-18)30(24)19-12-7-4-8-13-19/h3-8,10-13,17H,9,14-16H2,1-2H3,(H,25,31). The molecular weight excluding hydrogens is 436 g/mol. The lowest BCUT2D eigenvalue weighted by atomic mass is 10.2. The smallest absolute Gasteiger partial charge is 0.230 e. The maximum atomic E-state index is 12.4. The number of hydrogen-bond donors (Lipinski definition) is 1. The minimum Gasteiger partial charge on any atom is -0.355 e. The Kier molecular flexibility index (Phi) is 7.51. The lowest BCUT2D eigenvalue weighted by molar-refractivity contribution is -0.118. The van der Waals surface area contributed by atoms with Crippen LogP contribution in [0.25, 0.3) is 17.1 Å². The molecule has 4 aromatic rings. The molecule has 0 atom stereocenters. The average molecular weight is 463 g/mol. The Hall–Kier alpha value is -3.46. The van der Waals surface area contributed by atoms with Crippen LogP contribution in [0.2, 0.25) is 0 Å². The van der Waals surface area contributed by atoms with E-state index < -0.39 is 0 Å². The number of nitrogens with one attached hydrogen (secondary N) is 1. The van der Waals surface area contributed by atoms with Gasteiger partial charge in [-0.15, -0.1) is 10.2 Å². The first kappa shape index (κ1) is 22.7. The van der Waals surface area contributed by atoms with Crippen LogP contribution in [0.3, 0.4) is 0 Å². The maximum Gasteiger partial charge on any atom is 0.230 e. The average Bonchev–Trinajstić information content (AvgIpc) is 3.49. The predicted octanol–water partition coefficient (Wildman–Crippen LogP) is 4.28. The van der Waals surface area contributed by atoms with Crippen molar-refractivity contribution in [3.63, 3.8) is 0 Å². The van der Waals surface area contributed by atoms with E-state index in [-0.39, 0.29) is 17.6 Å². The first-order valence-electron chi connectivity index (χ1n) is 10.9. The molecule has 2 heterocycles. The molecule has 1 N–H and O–H groups in total. The summed E-state index contributed by atoms with van der Waals surface area (Å²) in [5, 5.41) is 16.3. The lowest BCUT2D eigenvalue weighted by Crippen LogP contribution is -2.26. The normalized spacial score (nSPS) is 11.1. The Morgan fingerprint density at radius 3 is 2.48 bits per heavy atom. The number of amides is 1. The van der Waals surface area contributed by atoms with Crippen molar-refractivity contribution in [2.45, 2.75) is 37.8 Å². The fourth-order valence-electron chi connectivity index (χ4n) is 3.20. The first-order chi connectivity index (χ1) is 16.1. The van der Waals surface area contributed by atoms with Crippen molar-refractivity contribution < 1.29 is 9.32 Å². The number of benzene rings is 2. The first-order valence-corrected chi connectivity index (χ1v) is 11.9. The largest absolute Gasteiger partial charge is 0.355 e. The van der Waals surface area contributed by atoms with Crippen molar-refractivity contribution in [3.05, 3.63) is 72.4 Å². The van der Waals surface area contributed by atoms with Crippen LogP contribution in [0.15, 0.2) is 70.3 Å². The lowest BCUT2D eigenvalue weighted by Gasteiger charge is -2.10. The molecule has 170 valence electrons. The van der Waals surface area contributed by atoms with Gasteiger partial charge in [0.1, 0.15) is 0 Å². The quantitative estimate of drug-likeness (QED) is 0.277. The second-order valence-corrected chi connectivity index (χ2v) is 8.73. The molecule has 0 saturated heterocycles. The number of carbonyl (C=O) groups is 1. The zero-order valence-electron chi connectivity index (χ0n) is 18.6. The summed E-state index contributed by atoms with van der Waals surface area (Å²) in [5.41, 5.74) is 1.91. The third-order valence-corrected chi connectivity index (χ3v) is 5.83. The number of nitrogens with zero attached hydrogens (tertiary/aromatic N) is 5. The van der Waals surface area contributed by atoms with Gasteiger partial charge in [-0.2, -0.15) is 4.98 Å². The molecule has 0 unspecified atom stereocenters. The van der Waals surface area contributed by atoms with E-state index in [0.717, 1.165) is 23.5 Å². The summed E-state index contributed by atoms with van der Waals surface area (Å²) in [6, 6.07) is 19.8. The third kappa shape index (κ3) is 5.87. The van der Waals surface area contributed by atoms with E-state index in [4.69, 9.17) is 4.52 Å². The molecule has 0 aliphatic carbocycles. The summed E-state index contributed by atoms with van der Waals surface area (Å²) in [7, 11) is 0. The van der Waals surface area contributed by atoms with Crippen molar-refractivity contribution in [1.29, 1.82) is 0 Å². The number of carbonyl (C=O) groups excluding carboxylic acids is 1. The van der Waals surface area contributed by atoms with E-state index in [1.807, 2.05) is 79.1 Å². The molecule has 1 amide bonds. The van der Waals surface area contributed by atoms with Gasteiger partial charge in [-0.1, -0.05) is 79.3 Å². The van der Waals surface area contributed by atoms with Gasteiger partial charge in [-0.25, -0.2) is 0 Å². The maximum absolute atomic E-state index is 12.4. The van der Waals surface area contributed by atoms with E-state index >= 15 is 0 Å². The van der Waals surface area contributed by atoms with Crippen molar-refractivity contribution >= 4 is 17.7 Å². The van der Waals surface area contributed by atoms with Crippen LogP contribution in [0.5, 0.6) is 0 Å². The van der Waals surface area contributed by atoms with Crippen LogP contribution in [0.1, 0.15) is 37.9 Å². The third-order valence-electron chi connectivity index (χ3n) is 4.90. The number of aromatic nitrogens is 5. The van der Waals surface area contributed by atoms with E-state index in [1.54, 1.807) is 0 Å². The molecule has 0 radical (unpaired) electrons. The molecule has 9 heteroatoms. The van der Waals surface area contributed by atoms with Gasteiger partial charge in [0.15, 0.2) is 16.8 Å². The van der Waals surface area contributed by atoms with Gasteiger partial charge < -0.3 is 9.84 Å². The van der Waals surface area contributed by atoms with Gasteiger partial charge in [0.05, 0.1) is 5.75 Å². The van der Waals surface area contributed by atoms with Gasteiger partial charge >= 0.3 is 0 Å². The number of aryl methyl sites for hydroxylation is 1. The van der Waals surface area contributed by atoms with Gasteiger partial charge in [0, 0.05) is 30.1 Å². The Balaban J connectivity index is 1.35. The molecule has 0 spiro atoms. The van der Waals surface area contributed by atoms with E-state index in [9.17, 15) is 4.79 Å². The van der Waals surface area contributed by atoms with Gasteiger partial charge in [-0.05, 0) is 18.6 Å². The Morgan fingerprint density at radius 2 is 1.79 bits per heavy atom. The van der Waals surface area contributed by atoms with Crippen LogP contribution in [0.4, 0.5) is 0 Å². The van der Waals surface area contributed by atoms with Crippen LogP contribution in [-0.2, 0) is 11.2 Å². The number of hydrogen-bond acceptors (Lipinski definition) is 7. The number of thioether (sulfide) groups is 1. The summed E-state index contributed by atoms with van der Waals surface area (Å²) >= 11 is 1.36. The van der Waals surface area contributed by atoms with Crippen molar-refractivity contribution in [2.75, 3.05) is 12.3 Å². The van der Waals surface area contributed by atoms with Crippen LogP contribution >= 0.6 is 11.8 Å². The van der Waals surface area contributed by atoms with Crippen LogP contribution < -0.4 is 5.32 Å². The monoisotopic (exact) mass is 462 g/mol. The topological polar surface area (TPSA) is 98.7 Å². The predicted molar refractivity (Wildman–Crippen MR) is 127 cm³/mol. The molecule has 0 saturated carbocycles. The Morgan fingerprint density at radius 1 is 1.06 bits per heavy atom. The molecule has 2 aromatic carbocycles. The van der Waals surface area contributed by atoms with E-state index in [0.29, 0.717) is 29.8 Å². The molecule has 2 aromatic heterocycles. The molecule has 4 rings (SSSR count). The SMILES string of the molecule is CC(C)c1noc(CCCNC(=O)CSc2nnc(-c3ccccc3)n2-c2ccccc2)n1. The van der Waals surface area contributed by atoms with Crippen LogP contribution in [-0.4, -0.2) is 43.1 Å². The van der Waals surface area contributed by atoms with Crippen molar-refractivity contribution in [3.8, 4) is 17.1 Å². The molecule has 33 heavy (non-hydrogen) atoms. The fourth-order valence-corrected chi connectivity index (χ4v) is 3.98. The molecule has 0 bridgehead atoms. The number of rotatable bonds is 10. The minimum absolute atomic E-state index is 0.0581. The van der Waals surface area contributed by atoms with Crippen LogP contribution in [0, 0.1) is 0 Å². The van der Waals surface area contributed by atoms with Gasteiger partial charge in [-0.3, -0.25) is 9.36 Å². The minimum atomic E-state index is -0.0581. The number of para-hydroxylation sites is 1. The molecule has 8 nitrogen and oxygen atoms in total. The highest BCUT2D eigenvalue weighted by atomic mass is 32.2. The van der Waals surface area contributed by atoms with E-state index in [1.165, 1.54) is 11.8 Å². The summed E-state index contributed by atoms with van der Waals surface area (Å²) in [4.78, 5) is 16.8. The highest BCUT2D eigenvalue weighted by Gasteiger charge is 2.17. The van der Waals surface area contributed by atoms with Crippen molar-refractivity contribution in [1.82, 2.24) is 30.2 Å². The molecule has 0 fully saturated rings. The molecular formula is C24H26N6O2S. The second kappa shape index (κ2) is 10.9. The second-order valence-electron chi connectivity index (χ2n) is 7.79. The summed E-state index contributed by atoms with van der Waals surface area (Å²) in [6.07, 6.45) is 1.37. The van der Waals surface area contributed by atoms with E-state index in [2.05, 4.69) is 25.7 Å². The Bertz CT molecular complexity index is 1170. The summed E-state index contributed by atoms with van der Waals surface area (Å²) in [5.74, 6) is 2.48. The zero-order valence-corrected chi connectivity index (χ0v) is 19.5. The van der Waals surface area contributed by atoms with Crippen molar-refractivity contribution in [2.24, 2.45) is 0 Å².